The van der Waals surface area contributed by atoms with Gasteiger partial charge in [-0.1, -0.05) is 25.0 Å². The number of nitrogens with one attached hydrogen (secondary N) is 1. The van der Waals surface area contributed by atoms with E-state index in [-0.39, 0.29) is 11.8 Å². The highest BCUT2D eigenvalue weighted by molar-refractivity contribution is 5.93. The first-order valence-corrected chi connectivity index (χ1v) is 10.4. The molecule has 1 fully saturated rings. The lowest BCUT2D eigenvalue weighted by atomic mass is 10.2. The van der Waals surface area contributed by atoms with Crippen molar-refractivity contribution in [1.82, 2.24) is 25.1 Å². The highest BCUT2D eigenvalue weighted by Crippen LogP contribution is 2.10. The Morgan fingerprint density at radius 2 is 1.55 bits per heavy atom. The molecule has 7 nitrogen and oxygen atoms in total. The van der Waals surface area contributed by atoms with Crippen molar-refractivity contribution < 1.29 is 9.59 Å². The number of amides is 2. The number of carbonyl (C=O) groups excluding carboxylic acids is 2. The lowest BCUT2D eigenvalue weighted by molar-refractivity contribution is 0.0723. The van der Waals surface area contributed by atoms with Crippen molar-refractivity contribution in [3.05, 3.63) is 60.2 Å². The van der Waals surface area contributed by atoms with Gasteiger partial charge in [-0.15, -0.1) is 0 Å². The lowest BCUT2D eigenvalue weighted by Crippen LogP contribution is -2.43. The molecule has 0 radical (unpaired) electrons. The number of nitrogens with zero attached hydrogens (tertiary/aromatic N) is 4. The number of aromatic nitrogens is 2. The minimum absolute atomic E-state index is 0.104. The summed E-state index contributed by atoms with van der Waals surface area (Å²) in [5.41, 5.74) is 0.805. The van der Waals surface area contributed by atoms with Crippen LogP contribution in [0.1, 0.15) is 46.7 Å². The highest BCUT2D eigenvalue weighted by Gasteiger charge is 2.19. The van der Waals surface area contributed by atoms with Crippen LogP contribution in [0.2, 0.25) is 0 Å². The van der Waals surface area contributed by atoms with Crippen LogP contribution in [0, 0.1) is 0 Å². The van der Waals surface area contributed by atoms with E-state index in [0.29, 0.717) is 31.0 Å². The minimum atomic E-state index is -0.233. The van der Waals surface area contributed by atoms with Crippen LogP contribution in [0.3, 0.4) is 0 Å². The molecule has 0 unspecified atom stereocenters. The van der Waals surface area contributed by atoms with E-state index in [1.165, 1.54) is 25.7 Å². The summed E-state index contributed by atoms with van der Waals surface area (Å²) >= 11 is 0. The first-order chi connectivity index (χ1) is 14.2. The number of hydrogen-bond acceptors (Lipinski definition) is 5. The summed E-state index contributed by atoms with van der Waals surface area (Å²) in [4.78, 5) is 37.6. The largest absolute Gasteiger partial charge is 0.349 e. The molecule has 0 aromatic carbocycles. The quantitative estimate of drug-likeness (QED) is 0.742. The van der Waals surface area contributed by atoms with Crippen LogP contribution in [-0.4, -0.2) is 70.9 Å². The summed E-state index contributed by atoms with van der Waals surface area (Å²) in [6.45, 7) is 4.43. The van der Waals surface area contributed by atoms with Crippen molar-refractivity contribution >= 4 is 11.8 Å². The van der Waals surface area contributed by atoms with Crippen molar-refractivity contribution in [2.75, 3.05) is 39.3 Å². The van der Waals surface area contributed by atoms with E-state index in [9.17, 15) is 9.59 Å². The van der Waals surface area contributed by atoms with Gasteiger partial charge >= 0.3 is 0 Å². The zero-order valence-corrected chi connectivity index (χ0v) is 16.8. The van der Waals surface area contributed by atoms with E-state index < -0.39 is 0 Å². The average Bonchev–Trinajstić information content (AvgIpc) is 3.05. The Kier molecular flexibility index (Phi) is 8.12. The molecule has 0 atom stereocenters. The predicted molar refractivity (Wildman–Crippen MR) is 112 cm³/mol. The minimum Gasteiger partial charge on any atom is -0.349 e. The first kappa shape index (κ1) is 20.9. The number of likely N-dealkylation sites (tertiary alicyclic amines) is 1. The fourth-order valence-electron chi connectivity index (χ4n) is 3.48. The van der Waals surface area contributed by atoms with Gasteiger partial charge in [-0.3, -0.25) is 19.6 Å². The SMILES string of the molecule is O=C(NCCN(CCN1CCCCCC1)C(=O)c1ccccn1)c1ccccn1. The van der Waals surface area contributed by atoms with Crippen molar-refractivity contribution in [3.8, 4) is 0 Å². The Bertz CT molecular complexity index is 761. The smallest absolute Gasteiger partial charge is 0.272 e. The van der Waals surface area contributed by atoms with Gasteiger partial charge in [-0.05, 0) is 50.2 Å². The maximum atomic E-state index is 13.0. The van der Waals surface area contributed by atoms with Crippen molar-refractivity contribution in [1.29, 1.82) is 0 Å². The number of rotatable bonds is 8. The van der Waals surface area contributed by atoms with Gasteiger partial charge in [0.25, 0.3) is 11.8 Å². The molecule has 0 spiro atoms. The fraction of sp³-hybridized carbons (Fsp3) is 0.455. The van der Waals surface area contributed by atoms with Crippen molar-refractivity contribution in [2.24, 2.45) is 0 Å². The van der Waals surface area contributed by atoms with Gasteiger partial charge in [0, 0.05) is 38.6 Å². The van der Waals surface area contributed by atoms with Crippen LogP contribution < -0.4 is 5.32 Å². The second kappa shape index (κ2) is 11.3. The van der Waals surface area contributed by atoms with E-state index in [4.69, 9.17) is 0 Å². The summed E-state index contributed by atoms with van der Waals surface area (Å²) in [5.74, 6) is -0.337. The molecule has 2 aromatic heterocycles. The molecule has 1 aliphatic heterocycles. The molecular formula is C22H29N5O2. The standard InChI is InChI=1S/C22H29N5O2/c28-21(19-9-3-5-11-23-19)25-13-16-27(22(29)20-10-4-6-12-24-20)18-17-26-14-7-1-2-8-15-26/h3-6,9-12H,1-2,7-8,13-18H2,(H,25,28). The van der Waals surface area contributed by atoms with Gasteiger partial charge in [-0.25, -0.2) is 0 Å². The Balaban J connectivity index is 1.57. The van der Waals surface area contributed by atoms with Crippen LogP contribution >= 0.6 is 0 Å². The van der Waals surface area contributed by atoms with E-state index in [2.05, 4.69) is 20.2 Å². The van der Waals surface area contributed by atoms with Crippen molar-refractivity contribution in [2.45, 2.75) is 25.7 Å². The molecule has 0 saturated carbocycles. The molecule has 1 saturated heterocycles. The molecular weight excluding hydrogens is 366 g/mol. The van der Waals surface area contributed by atoms with Crippen LogP contribution in [0.4, 0.5) is 0 Å². The Labute approximate surface area is 172 Å². The van der Waals surface area contributed by atoms with Crippen LogP contribution in [0.25, 0.3) is 0 Å². The lowest BCUT2D eigenvalue weighted by Gasteiger charge is -2.27. The maximum Gasteiger partial charge on any atom is 0.272 e. The van der Waals surface area contributed by atoms with Crippen LogP contribution in [0.5, 0.6) is 0 Å². The number of pyridine rings is 2. The molecule has 0 aliphatic carbocycles. The van der Waals surface area contributed by atoms with Gasteiger partial charge < -0.3 is 15.1 Å². The molecule has 7 heteroatoms. The monoisotopic (exact) mass is 395 g/mol. The molecule has 3 heterocycles. The average molecular weight is 396 g/mol. The first-order valence-electron chi connectivity index (χ1n) is 10.4. The van der Waals surface area contributed by atoms with E-state index in [1.807, 2.05) is 6.07 Å². The zero-order valence-electron chi connectivity index (χ0n) is 16.8. The second-order valence-corrected chi connectivity index (χ2v) is 7.23. The van der Waals surface area contributed by atoms with E-state index in [1.54, 1.807) is 47.6 Å². The summed E-state index contributed by atoms with van der Waals surface area (Å²) in [5, 5.41) is 2.85. The van der Waals surface area contributed by atoms with E-state index >= 15 is 0 Å². The van der Waals surface area contributed by atoms with E-state index in [0.717, 1.165) is 19.6 Å². The second-order valence-electron chi connectivity index (χ2n) is 7.23. The van der Waals surface area contributed by atoms with Gasteiger partial charge in [0.1, 0.15) is 11.4 Å². The topological polar surface area (TPSA) is 78.4 Å². The maximum absolute atomic E-state index is 13.0. The molecule has 2 amide bonds. The summed E-state index contributed by atoms with van der Waals surface area (Å²) in [7, 11) is 0. The molecule has 154 valence electrons. The van der Waals surface area contributed by atoms with Gasteiger partial charge in [0.05, 0.1) is 0 Å². The molecule has 1 aliphatic rings. The Morgan fingerprint density at radius 3 is 2.17 bits per heavy atom. The normalized spacial score (nSPS) is 14.8. The molecule has 29 heavy (non-hydrogen) atoms. The number of carbonyl (C=O) groups is 2. The summed E-state index contributed by atoms with van der Waals surface area (Å²) in [6, 6.07) is 10.6. The Morgan fingerprint density at radius 1 is 0.897 bits per heavy atom. The van der Waals surface area contributed by atoms with Crippen LogP contribution in [-0.2, 0) is 0 Å². The zero-order chi connectivity index (χ0) is 20.3. The van der Waals surface area contributed by atoms with Gasteiger partial charge in [0.15, 0.2) is 0 Å². The third-order valence-corrected chi connectivity index (χ3v) is 5.12. The molecule has 1 N–H and O–H groups in total. The number of hydrogen-bond donors (Lipinski definition) is 1. The summed E-state index contributed by atoms with van der Waals surface area (Å²) in [6.07, 6.45) is 8.22. The van der Waals surface area contributed by atoms with Crippen molar-refractivity contribution in [3.63, 3.8) is 0 Å². The van der Waals surface area contributed by atoms with Gasteiger partial charge in [0.2, 0.25) is 0 Å². The molecule has 3 rings (SSSR count). The highest BCUT2D eigenvalue weighted by atomic mass is 16.2. The third kappa shape index (κ3) is 6.64. The third-order valence-electron chi connectivity index (χ3n) is 5.12. The molecule has 2 aromatic rings. The van der Waals surface area contributed by atoms with Crippen LogP contribution in [0.15, 0.2) is 48.8 Å². The fourth-order valence-corrected chi connectivity index (χ4v) is 3.48. The predicted octanol–water partition coefficient (Wildman–Crippen LogP) is 2.22. The Hall–Kier alpha value is -2.80. The molecule has 0 bridgehead atoms. The van der Waals surface area contributed by atoms with Gasteiger partial charge in [-0.2, -0.15) is 0 Å². The summed E-state index contributed by atoms with van der Waals surface area (Å²) < 4.78 is 0.